The topological polar surface area (TPSA) is 40.1 Å². The second kappa shape index (κ2) is 5.26. The highest BCUT2D eigenvalue weighted by Crippen LogP contribution is 2.00. The summed E-state index contributed by atoms with van der Waals surface area (Å²) in [5, 5.41) is -0.669. The van der Waals surface area contributed by atoms with Crippen molar-refractivity contribution in [2.75, 3.05) is 5.75 Å². The van der Waals surface area contributed by atoms with E-state index in [0.29, 0.717) is 5.75 Å². The van der Waals surface area contributed by atoms with Crippen molar-refractivity contribution in [3.8, 4) is 0 Å². The number of carbonyl (C=O) groups excluding carboxylic acids is 1. The SMILES string of the molecule is C=CC[S+]([O-])C([C]=O)C=C. The molecule has 0 saturated carbocycles. The highest BCUT2D eigenvalue weighted by Gasteiger charge is 2.16. The van der Waals surface area contributed by atoms with Gasteiger partial charge in [-0.25, -0.2) is 0 Å². The molecular weight excluding hydrogens is 148 g/mol. The summed E-state index contributed by atoms with van der Waals surface area (Å²) in [6, 6.07) is 0. The summed E-state index contributed by atoms with van der Waals surface area (Å²) >= 11 is -1.22. The van der Waals surface area contributed by atoms with Crippen LogP contribution in [0.4, 0.5) is 0 Å². The Morgan fingerprint density at radius 1 is 1.70 bits per heavy atom. The maximum atomic E-state index is 10.9. The van der Waals surface area contributed by atoms with Gasteiger partial charge in [-0.3, -0.25) is 4.79 Å². The van der Waals surface area contributed by atoms with Gasteiger partial charge in [-0.2, -0.15) is 0 Å². The van der Waals surface area contributed by atoms with Crippen molar-refractivity contribution in [1.29, 1.82) is 0 Å². The van der Waals surface area contributed by atoms with Gasteiger partial charge in [-0.05, 0) is 23.3 Å². The number of hydrogen-bond acceptors (Lipinski definition) is 2. The van der Waals surface area contributed by atoms with Gasteiger partial charge in [0.1, 0.15) is 5.75 Å². The average molecular weight is 157 g/mol. The fraction of sp³-hybridized carbons (Fsp3) is 0.286. The molecule has 10 heavy (non-hydrogen) atoms. The molecule has 0 bridgehead atoms. The quantitative estimate of drug-likeness (QED) is 0.433. The van der Waals surface area contributed by atoms with Crippen LogP contribution in [0.25, 0.3) is 0 Å². The molecule has 0 aliphatic carbocycles. The molecule has 0 N–H and O–H groups in total. The Labute approximate surface area is 63.8 Å². The van der Waals surface area contributed by atoms with E-state index in [1.54, 1.807) is 6.29 Å². The molecule has 0 aliphatic rings. The van der Waals surface area contributed by atoms with Crippen LogP contribution in [-0.4, -0.2) is 21.8 Å². The molecule has 0 aromatic rings. The summed E-state index contributed by atoms with van der Waals surface area (Å²) in [4.78, 5) is 10.0. The zero-order valence-corrected chi connectivity index (χ0v) is 6.39. The second-order valence-electron chi connectivity index (χ2n) is 1.61. The van der Waals surface area contributed by atoms with Crippen LogP contribution in [0, 0.1) is 0 Å². The van der Waals surface area contributed by atoms with Crippen LogP contribution in [0.3, 0.4) is 0 Å². The van der Waals surface area contributed by atoms with Crippen molar-refractivity contribution >= 4 is 17.5 Å². The fourth-order valence-electron chi connectivity index (χ4n) is 0.429. The fourth-order valence-corrected chi connectivity index (χ4v) is 1.19. The van der Waals surface area contributed by atoms with Gasteiger partial charge in [-0.15, -0.1) is 0 Å². The van der Waals surface area contributed by atoms with Crippen LogP contribution < -0.4 is 0 Å². The first kappa shape index (κ1) is 9.46. The monoisotopic (exact) mass is 157 g/mol. The van der Waals surface area contributed by atoms with Crippen LogP contribution in [0.15, 0.2) is 25.3 Å². The molecule has 0 aromatic heterocycles. The second-order valence-corrected chi connectivity index (χ2v) is 3.21. The molecule has 0 aromatic carbocycles. The number of hydrogen-bond donors (Lipinski definition) is 0. The zero-order valence-electron chi connectivity index (χ0n) is 5.58. The Bertz CT molecular complexity index is 126. The van der Waals surface area contributed by atoms with Crippen molar-refractivity contribution < 1.29 is 9.35 Å². The van der Waals surface area contributed by atoms with Gasteiger partial charge in [0, 0.05) is 0 Å². The predicted octanol–water partition coefficient (Wildman–Crippen LogP) is 0.585. The molecule has 0 spiro atoms. The van der Waals surface area contributed by atoms with E-state index in [4.69, 9.17) is 0 Å². The predicted molar refractivity (Wildman–Crippen MR) is 42.9 cm³/mol. The number of rotatable bonds is 5. The van der Waals surface area contributed by atoms with Gasteiger partial charge >= 0.3 is 0 Å². The minimum absolute atomic E-state index is 0.311. The van der Waals surface area contributed by atoms with Gasteiger partial charge in [0.25, 0.3) is 6.29 Å². The van der Waals surface area contributed by atoms with Gasteiger partial charge in [0.2, 0.25) is 0 Å². The van der Waals surface area contributed by atoms with Crippen LogP contribution in [0.1, 0.15) is 0 Å². The molecule has 0 rings (SSSR count). The van der Waals surface area contributed by atoms with Gasteiger partial charge in [0.15, 0.2) is 5.25 Å². The third-order valence-electron chi connectivity index (χ3n) is 0.896. The third-order valence-corrected chi connectivity index (χ3v) is 2.31. The van der Waals surface area contributed by atoms with E-state index < -0.39 is 16.4 Å². The lowest BCUT2D eigenvalue weighted by atomic mass is 10.5. The Balaban J connectivity index is 3.86. The summed E-state index contributed by atoms with van der Waals surface area (Å²) in [6.45, 7) is 6.74. The van der Waals surface area contributed by atoms with Crippen molar-refractivity contribution in [3.63, 3.8) is 0 Å². The highest BCUT2D eigenvalue weighted by molar-refractivity contribution is 7.93. The first-order valence-electron chi connectivity index (χ1n) is 2.74. The zero-order chi connectivity index (χ0) is 7.98. The average Bonchev–Trinajstić information content (AvgIpc) is 1.91. The van der Waals surface area contributed by atoms with Crippen LogP contribution >= 0.6 is 0 Å². The first-order valence-corrected chi connectivity index (χ1v) is 4.12. The van der Waals surface area contributed by atoms with Crippen molar-refractivity contribution in [2.24, 2.45) is 0 Å². The van der Waals surface area contributed by atoms with E-state index in [0.717, 1.165) is 0 Å². The summed E-state index contributed by atoms with van der Waals surface area (Å²) in [6.07, 6.45) is 4.45. The normalized spacial score (nSPS) is 15.3. The highest BCUT2D eigenvalue weighted by atomic mass is 32.2. The Morgan fingerprint density at radius 3 is 2.60 bits per heavy atom. The standard InChI is InChI=1S/C7H9O2S/c1-3-5-10(9)7(4-2)6-8/h3-4,7H,1-2,5H2. The van der Waals surface area contributed by atoms with Gasteiger partial charge in [-0.1, -0.05) is 13.2 Å². The smallest absolute Gasteiger partial charge is 0.260 e. The molecule has 0 heterocycles. The molecule has 2 unspecified atom stereocenters. The summed E-state index contributed by atoms with van der Waals surface area (Å²) in [5.41, 5.74) is 0. The van der Waals surface area contributed by atoms with Gasteiger partial charge < -0.3 is 4.55 Å². The summed E-state index contributed by atoms with van der Waals surface area (Å²) < 4.78 is 10.9. The van der Waals surface area contributed by atoms with Gasteiger partial charge in [0.05, 0.1) is 0 Å². The van der Waals surface area contributed by atoms with E-state index in [1.807, 2.05) is 0 Å². The lowest BCUT2D eigenvalue weighted by Gasteiger charge is -2.10. The lowest BCUT2D eigenvalue weighted by Crippen LogP contribution is -2.22. The largest absolute Gasteiger partial charge is 0.615 e. The van der Waals surface area contributed by atoms with E-state index in [-0.39, 0.29) is 0 Å². The van der Waals surface area contributed by atoms with Crippen molar-refractivity contribution in [1.82, 2.24) is 0 Å². The minimum Gasteiger partial charge on any atom is -0.615 e. The van der Waals surface area contributed by atoms with Crippen molar-refractivity contribution in [2.45, 2.75) is 5.25 Å². The van der Waals surface area contributed by atoms with E-state index in [1.165, 1.54) is 12.2 Å². The first-order chi connectivity index (χ1) is 4.76. The van der Waals surface area contributed by atoms with Crippen LogP contribution in [-0.2, 0) is 16.0 Å². The molecule has 2 nitrogen and oxygen atoms in total. The molecule has 3 heteroatoms. The molecular formula is C7H9O2S. The third kappa shape index (κ3) is 2.85. The maximum Gasteiger partial charge on any atom is 0.260 e. The molecule has 0 fully saturated rings. The Kier molecular flexibility index (Phi) is 4.98. The molecule has 0 aliphatic heterocycles. The molecule has 2 atom stereocenters. The molecule has 55 valence electrons. The van der Waals surface area contributed by atoms with Crippen LogP contribution in [0.5, 0.6) is 0 Å². The molecule has 0 amide bonds. The van der Waals surface area contributed by atoms with E-state index >= 15 is 0 Å². The Morgan fingerprint density at radius 2 is 2.30 bits per heavy atom. The minimum atomic E-state index is -1.22. The summed E-state index contributed by atoms with van der Waals surface area (Å²) in [5.74, 6) is 0.311. The van der Waals surface area contributed by atoms with Crippen LogP contribution in [0.2, 0.25) is 0 Å². The maximum absolute atomic E-state index is 10.9. The lowest BCUT2D eigenvalue weighted by molar-refractivity contribution is 0.551. The van der Waals surface area contributed by atoms with Crippen molar-refractivity contribution in [3.05, 3.63) is 25.3 Å². The van der Waals surface area contributed by atoms with E-state index in [2.05, 4.69) is 13.2 Å². The molecule has 0 saturated heterocycles. The molecule has 1 radical (unpaired) electrons. The van der Waals surface area contributed by atoms with E-state index in [9.17, 15) is 9.35 Å². The Hall–Kier alpha value is -0.540. The summed E-state index contributed by atoms with van der Waals surface area (Å²) in [7, 11) is 0.